The van der Waals surface area contributed by atoms with E-state index in [9.17, 15) is 18.0 Å². The van der Waals surface area contributed by atoms with E-state index in [0.717, 1.165) is 51.3 Å². The molecule has 1 N–H and O–H groups in total. The molecule has 0 aliphatic carbocycles. The van der Waals surface area contributed by atoms with Gasteiger partial charge in [-0.25, -0.2) is 4.79 Å². The molecular formula is C19H24F3N3O4. The number of carboxylic acids is 1. The van der Waals surface area contributed by atoms with Crippen molar-refractivity contribution < 1.29 is 32.6 Å². The van der Waals surface area contributed by atoms with Gasteiger partial charge >= 0.3 is 12.1 Å². The molecule has 29 heavy (non-hydrogen) atoms. The topological polar surface area (TPSA) is 83.0 Å². The average molecular weight is 415 g/mol. The van der Waals surface area contributed by atoms with E-state index in [1.165, 1.54) is 0 Å². The summed E-state index contributed by atoms with van der Waals surface area (Å²) in [5.41, 5.74) is 1.12. The van der Waals surface area contributed by atoms with Crippen molar-refractivity contribution in [3.8, 4) is 0 Å². The molecular weight excluding hydrogens is 391 g/mol. The molecule has 0 spiro atoms. The number of carbonyl (C=O) groups excluding carboxylic acids is 1. The summed E-state index contributed by atoms with van der Waals surface area (Å²) in [6, 6.07) is 6.06. The first kappa shape index (κ1) is 21.5. The molecule has 1 aromatic heterocycles. The second kappa shape index (κ2) is 9.08. The second-order valence-electron chi connectivity index (χ2n) is 7.55. The van der Waals surface area contributed by atoms with E-state index in [-0.39, 0.29) is 12.0 Å². The molecule has 1 amide bonds. The summed E-state index contributed by atoms with van der Waals surface area (Å²) in [7, 11) is 0. The lowest BCUT2D eigenvalue weighted by molar-refractivity contribution is -0.192. The number of carbonyl (C=O) groups is 2. The number of pyridine rings is 1. The normalized spacial score (nSPS) is 26.3. The first-order valence-corrected chi connectivity index (χ1v) is 9.58. The van der Waals surface area contributed by atoms with Crippen molar-refractivity contribution in [2.75, 3.05) is 26.2 Å². The van der Waals surface area contributed by atoms with Crippen molar-refractivity contribution in [2.24, 2.45) is 5.92 Å². The van der Waals surface area contributed by atoms with E-state index in [2.05, 4.69) is 16.0 Å². The maximum Gasteiger partial charge on any atom is 0.490 e. The molecule has 3 fully saturated rings. The van der Waals surface area contributed by atoms with E-state index in [4.69, 9.17) is 14.6 Å². The number of hydrogen-bond acceptors (Lipinski definition) is 5. The third-order valence-electron chi connectivity index (χ3n) is 5.35. The fraction of sp³-hybridized carbons (Fsp3) is 0.632. The Balaban J connectivity index is 0.000000298. The molecule has 0 unspecified atom stereocenters. The van der Waals surface area contributed by atoms with E-state index in [0.29, 0.717) is 18.4 Å². The Labute approximate surface area is 166 Å². The van der Waals surface area contributed by atoms with Gasteiger partial charge < -0.3 is 14.7 Å². The van der Waals surface area contributed by atoms with E-state index < -0.39 is 12.1 Å². The number of halogens is 3. The monoisotopic (exact) mass is 415 g/mol. The minimum atomic E-state index is -5.08. The zero-order valence-corrected chi connectivity index (χ0v) is 15.8. The lowest BCUT2D eigenvalue weighted by Crippen LogP contribution is -2.43. The molecule has 0 radical (unpaired) electrons. The third kappa shape index (κ3) is 5.89. The highest BCUT2D eigenvalue weighted by Crippen LogP contribution is 2.35. The summed E-state index contributed by atoms with van der Waals surface area (Å²) in [5, 5.41) is 7.12. The molecule has 3 aliphatic rings. The minimum Gasteiger partial charge on any atom is -0.475 e. The van der Waals surface area contributed by atoms with Crippen molar-refractivity contribution in [3.05, 3.63) is 30.1 Å². The van der Waals surface area contributed by atoms with Gasteiger partial charge in [0.15, 0.2) is 0 Å². The molecule has 1 aromatic rings. The van der Waals surface area contributed by atoms with Gasteiger partial charge in [-0.3, -0.25) is 14.7 Å². The van der Waals surface area contributed by atoms with E-state index >= 15 is 0 Å². The second-order valence-corrected chi connectivity index (χ2v) is 7.55. The fourth-order valence-corrected chi connectivity index (χ4v) is 3.82. The number of rotatable bonds is 4. The van der Waals surface area contributed by atoms with Crippen LogP contribution in [0.4, 0.5) is 13.2 Å². The molecule has 4 rings (SSSR count). The van der Waals surface area contributed by atoms with Gasteiger partial charge in [0.25, 0.3) is 0 Å². The molecule has 0 bridgehead atoms. The van der Waals surface area contributed by atoms with Gasteiger partial charge in [0.1, 0.15) is 0 Å². The third-order valence-corrected chi connectivity index (χ3v) is 5.35. The van der Waals surface area contributed by atoms with Crippen molar-refractivity contribution >= 4 is 11.9 Å². The van der Waals surface area contributed by atoms with Gasteiger partial charge in [-0.1, -0.05) is 6.07 Å². The van der Waals surface area contributed by atoms with Gasteiger partial charge in [-0.15, -0.1) is 0 Å². The lowest BCUT2D eigenvalue weighted by atomic mass is 10.0. The highest BCUT2D eigenvalue weighted by molar-refractivity contribution is 5.77. The predicted molar refractivity (Wildman–Crippen MR) is 95.8 cm³/mol. The molecule has 3 atom stereocenters. The van der Waals surface area contributed by atoms with Crippen LogP contribution in [-0.4, -0.2) is 76.3 Å². The smallest absolute Gasteiger partial charge is 0.475 e. The molecule has 10 heteroatoms. The van der Waals surface area contributed by atoms with Crippen LogP contribution in [0.2, 0.25) is 0 Å². The van der Waals surface area contributed by atoms with Crippen LogP contribution in [0.15, 0.2) is 24.4 Å². The number of alkyl halides is 3. The summed E-state index contributed by atoms with van der Waals surface area (Å²) >= 11 is 0. The fourth-order valence-electron chi connectivity index (χ4n) is 3.82. The number of nitrogens with zero attached hydrogens (tertiary/aromatic N) is 3. The summed E-state index contributed by atoms with van der Waals surface area (Å²) in [6.07, 6.45) is -0.0283. The predicted octanol–water partition coefficient (Wildman–Crippen LogP) is 1.93. The highest BCUT2D eigenvalue weighted by Gasteiger charge is 2.43. The summed E-state index contributed by atoms with van der Waals surface area (Å²) < 4.78 is 37.9. The van der Waals surface area contributed by atoms with Crippen molar-refractivity contribution in [1.82, 2.24) is 14.8 Å². The Hall–Kier alpha value is -2.20. The first-order chi connectivity index (χ1) is 13.7. The Morgan fingerprint density at radius 2 is 1.97 bits per heavy atom. The van der Waals surface area contributed by atoms with Gasteiger partial charge in [0, 0.05) is 44.8 Å². The maximum absolute atomic E-state index is 12.0. The van der Waals surface area contributed by atoms with Gasteiger partial charge in [0.05, 0.1) is 24.3 Å². The molecule has 3 aliphatic heterocycles. The number of amides is 1. The Morgan fingerprint density at radius 1 is 1.24 bits per heavy atom. The molecule has 3 saturated heterocycles. The first-order valence-electron chi connectivity index (χ1n) is 9.58. The van der Waals surface area contributed by atoms with Crippen LogP contribution >= 0.6 is 0 Å². The SMILES string of the molecule is O=C(C[C@H]1C[C@H]2CN(Cc3ccccn3)C[C@H]2O1)N1CCC1.O=C(O)C(F)(F)F. The van der Waals surface area contributed by atoms with Crippen molar-refractivity contribution in [2.45, 2.75) is 44.2 Å². The number of hydrogen-bond donors (Lipinski definition) is 1. The van der Waals surface area contributed by atoms with Gasteiger partial charge in [0.2, 0.25) is 5.91 Å². The Morgan fingerprint density at radius 3 is 2.48 bits per heavy atom. The molecule has 0 saturated carbocycles. The molecule has 7 nitrogen and oxygen atoms in total. The Kier molecular flexibility index (Phi) is 6.74. The minimum absolute atomic E-state index is 0.139. The van der Waals surface area contributed by atoms with Crippen LogP contribution in [0.5, 0.6) is 0 Å². The highest BCUT2D eigenvalue weighted by atomic mass is 19.4. The van der Waals surface area contributed by atoms with Gasteiger partial charge in [-0.05, 0) is 25.0 Å². The van der Waals surface area contributed by atoms with Crippen molar-refractivity contribution in [3.63, 3.8) is 0 Å². The Bertz CT molecular complexity index is 698. The summed E-state index contributed by atoms with van der Waals surface area (Å²) in [5.74, 6) is -1.90. The van der Waals surface area contributed by atoms with Crippen LogP contribution in [0.3, 0.4) is 0 Å². The largest absolute Gasteiger partial charge is 0.490 e. The zero-order chi connectivity index (χ0) is 21.0. The van der Waals surface area contributed by atoms with Crippen LogP contribution in [-0.2, 0) is 20.9 Å². The number of ether oxygens (including phenoxy) is 1. The quantitative estimate of drug-likeness (QED) is 0.809. The van der Waals surface area contributed by atoms with Crippen LogP contribution in [0, 0.1) is 5.92 Å². The molecule has 4 heterocycles. The maximum atomic E-state index is 12.0. The van der Waals surface area contributed by atoms with Crippen molar-refractivity contribution in [1.29, 1.82) is 0 Å². The standard InChI is InChI=1S/C17H23N3O2.C2HF3O2/c21-17(20-6-3-7-20)9-15-8-13-10-19(12-16(13)22-15)11-14-4-1-2-5-18-14;3-2(4,5)1(6)7/h1-2,4-5,13,15-16H,3,6-12H2;(H,6,7)/t13-,15+,16+;/m0./s1. The van der Waals surface area contributed by atoms with Gasteiger partial charge in [-0.2, -0.15) is 13.2 Å². The average Bonchev–Trinajstić information content (AvgIpc) is 3.11. The number of fused-ring (bicyclic) bond motifs is 1. The van der Waals surface area contributed by atoms with Crippen LogP contribution in [0.25, 0.3) is 0 Å². The number of carboxylic acid groups (broad SMARTS) is 1. The number of likely N-dealkylation sites (tertiary alicyclic amines) is 2. The van der Waals surface area contributed by atoms with E-state index in [1.54, 1.807) is 0 Å². The number of aliphatic carboxylic acids is 1. The summed E-state index contributed by atoms with van der Waals surface area (Å²) in [4.78, 5) is 29.7. The number of aromatic nitrogens is 1. The zero-order valence-electron chi connectivity index (χ0n) is 15.8. The molecule has 0 aromatic carbocycles. The lowest BCUT2D eigenvalue weighted by Gasteiger charge is -2.31. The van der Waals surface area contributed by atoms with Crippen LogP contribution in [0.1, 0.15) is 25.0 Å². The molecule has 160 valence electrons. The van der Waals surface area contributed by atoms with Crippen LogP contribution < -0.4 is 0 Å². The van der Waals surface area contributed by atoms with E-state index in [1.807, 2.05) is 23.2 Å². The summed E-state index contributed by atoms with van der Waals surface area (Å²) in [6.45, 7) is 4.81.